The van der Waals surface area contributed by atoms with Crippen LogP contribution in [0.4, 0.5) is 0 Å². The van der Waals surface area contributed by atoms with Crippen LogP contribution in [0.25, 0.3) is 10.8 Å². The lowest BCUT2D eigenvalue weighted by Crippen LogP contribution is -2.40. The maximum Gasteiger partial charge on any atom is 0.0918 e. The smallest absolute Gasteiger partial charge is 0.0918 e. The molecule has 0 aromatic heterocycles. The summed E-state index contributed by atoms with van der Waals surface area (Å²) in [5, 5.41) is 2.53. The zero-order valence-corrected chi connectivity index (χ0v) is 10.7. The predicted molar refractivity (Wildman–Crippen MR) is 74.5 cm³/mol. The van der Waals surface area contributed by atoms with Gasteiger partial charge in [-0.2, -0.15) is 0 Å². The minimum atomic E-state index is -0.234. The topological polar surface area (TPSA) is 35.2 Å². The van der Waals surface area contributed by atoms with Crippen LogP contribution in [0.5, 0.6) is 0 Å². The molecule has 0 bridgehead atoms. The third kappa shape index (κ3) is 2.02. The van der Waals surface area contributed by atoms with Gasteiger partial charge in [-0.15, -0.1) is 0 Å². The molecule has 3 rings (SSSR count). The highest BCUT2D eigenvalue weighted by molar-refractivity contribution is 5.83. The molecule has 2 unspecified atom stereocenters. The summed E-state index contributed by atoms with van der Waals surface area (Å²) in [4.78, 5) is 0. The highest BCUT2D eigenvalue weighted by atomic mass is 16.5. The van der Waals surface area contributed by atoms with Crippen molar-refractivity contribution in [2.75, 3.05) is 6.61 Å². The molecule has 1 aliphatic heterocycles. The molecule has 0 radical (unpaired) electrons. The lowest BCUT2D eigenvalue weighted by atomic mass is 9.85. The quantitative estimate of drug-likeness (QED) is 0.832. The number of hydrogen-bond acceptors (Lipinski definition) is 2. The van der Waals surface area contributed by atoms with E-state index in [0.29, 0.717) is 0 Å². The third-order valence-electron chi connectivity index (χ3n) is 3.92. The molecule has 1 fully saturated rings. The van der Waals surface area contributed by atoms with Gasteiger partial charge >= 0.3 is 0 Å². The van der Waals surface area contributed by atoms with Crippen LogP contribution in [0, 0.1) is 0 Å². The molecule has 2 nitrogen and oxygen atoms in total. The van der Waals surface area contributed by atoms with Gasteiger partial charge in [0.05, 0.1) is 5.60 Å². The van der Waals surface area contributed by atoms with Crippen molar-refractivity contribution in [1.29, 1.82) is 0 Å². The maximum atomic E-state index is 6.08. The van der Waals surface area contributed by atoms with Crippen molar-refractivity contribution in [3.8, 4) is 0 Å². The van der Waals surface area contributed by atoms with E-state index in [9.17, 15) is 0 Å². The molecule has 18 heavy (non-hydrogen) atoms. The van der Waals surface area contributed by atoms with Crippen LogP contribution in [0.1, 0.15) is 25.3 Å². The summed E-state index contributed by atoms with van der Waals surface area (Å²) in [6.07, 6.45) is 1.86. The van der Waals surface area contributed by atoms with E-state index >= 15 is 0 Å². The molecule has 0 saturated carbocycles. The molecule has 1 aliphatic rings. The van der Waals surface area contributed by atoms with Crippen LogP contribution in [0.2, 0.25) is 0 Å². The lowest BCUT2D eigenvalue weighted by Gasteiger charge is -2.37. The highest BCUT2D eigenvalue weighted by Gasteiger charge is 2.33. The molecule has 2 aromatic carbocycles. The van der Waals surface area contributed by atoms with Crippen molar-refractivity contribution in [2.45, 2.75) is 31.4 Å². The molecular weight excluding hydrogens is 222 g/mol. The van der Waals surface area contributed by atoms with Gasteiger partial charge in [0, 0.05) is 12.6 Å². The molecule has 2 atom stereocenters. The summed E-state index contributed by atoms with van der Waals surface area (Å²) >= 11 is 0. The Morgan fingerprint density at radius 3 is 2.72 bits per heavy atom. The van der Waals surface area contributed by atoms with Crippen LogP contribution in [-0.4, -0.2) is 12.6 Å². The second kappa shape index (κ2) is 4.38. The fourth-order valence-corrected chi connectivity index (χ4v) is 2.82. The molecule has 1 saturated heterocycles. The highest BCUT2D eigenvalue weighted by Crippen LogP contribution is 2.35. The fraction of sp³-hybridized carbons (Fsp3) is 0.375. The molecule has 1 heterocycles. The normalized spacial score (nSPS) is 28.4. The van der Waals surface area contributed by atoms with Gasteiger partial charge in [-0.25, -0.2) is 0 Å². The van der Waals surface area contributed by atoms with E-state index in [4.69, 9.17) is 10.5 Å². The molecule has 2 aromatic rings. The summed E-state index contributed by atoms with van der Waals surface area (Å²) in [5.74, 6) is 0. The van der Waals surface area contributed by atoms with E-state index in [1.165, 1.54) is 16.3 Å². The Labute approximate surface area is 108 Å². The largest absolute Gasteiger partial charge is 0.370 e. The van der Waals surface area contributed by atoms with Gasteiger partial charge in [0.25, 0.3) is 0 Å². The molecule has 0 spiro atoms. The van der Waals surface area contributed by atoms with E-state index in [1.54, 1.807) is 0 Å². The Kier molecular flexibility index (Phi) is 2.84. The van der Waals surface area contributed by atoms with E-state index in [2.05, 4.69) is 49.4 Å². The average molecular weight is 241 g/mol. The van der Waals surface area contributed by atoms with Crippen LogP contribution in [-0.2, 0) is 10.3 Å². The van der Waals surface area contributed by atoms with Crippen molar-refractivity contribution in [1.82, 2.24) is 0 Å². The van der Waals surface area contributed by atoms with Crippen LogP contribution >= 0.6 is 0 Å². The van der Waals surface area contributed by atoms with Gasteiger partial charge in [-0.05, 0) is 42.2 Å². The van der Waals surface area contributed by atoms with Gasteiger partial charge < -0.3 is 10.5 Å². The molecule has 94 valence electrons. The van der Waals surface area contributed by atoms with E-state index < -0.39 is 0 Å². The second-order valence-electron chi connectivity index (χ2n) is 5.39. The monoisotopic (exact) mass is 241 g/mol. The Morgan fingerprint density at radius 2 is 1.94 bits per heavy atom. The summed E-state index contributed by atoms with van der Waals surface area (Å²) in [5.41, 5.74) is 7.08. The minimum absolute atomic E-state index is 0.234. The zero-order valence-electron chi connectivity index (χ0n) is 10.7. The van der Waals surface area contributed by atoms with Crippen molar-refractivity contribution >= 4 is 10.8 Å². The summed E-state index contributed by atoms with van der Waals surface area (Å²) in [7, 11) is 0. The minimum Gasteiger partial charge on any atom is -0.370 e. The number of nitrogens with two attached hydrogens (primary N) is 1. The average Bonchev–Trinajstić information content (AvgIpc) is 2.38. The Balaban J connectivity index is 2.02. The summed E-state index contributed by atoms with van der Waals surface area (Å²) < 4.78 is 5.99. The maximum absolute atomic E-state index is 6.08. The molecule has 0 amide bonds. The lowest BCUT2D eigenvalue weighted by molar-refractivity contribution is -0.0765. The first kappa shape index (κ1) is 11.7. The molecular formula is C16H19NO. The van der Waals surface area contributed by atoms with Gasteiger partial charge in [-0.3, -0.25) is 0 Å². The number of ether oxygens (including phenoxy) is 1. The second-order valence-corrected chi connectivity index (χ2v) is 5.39. The van der Waals surface area contributed by atoms with Crippen molar-refractivity contribution in [2.24, 2.45) is 5.73 Å². The van der Waals surface area contributed by atoms with Crippen molar-refractivity contribution in [3.05, 3.63) is 48.0 Å². The van der Waals surface area contributed by atoms with Gasteiger partial charge in [0.2, 0.25) is 0 Å². The standard InChI is InChI=1S/C16H19NO/c1-16(11-15(17)8-9-18-16)14-7-6-12-4-2-3-5-13(12)10-14/h2-7,10,15H,8-9,11,17H2,1H3. The van der Waals surface area contributed by atoms with Crippen molar-refractivity contribution in [3.63, 3.8) is 0 Å². The Bertz CT molecular complexity index is 566. The van der Waals surface area contributed by atoms with Gasteiger partial charge in [0.15, 0.2) is 0 Å². The first-order valence-electron chi connectivity index (χ1n) is 6.56. The van der Waals surface area contributed by atoms with Gasteiger partial charge in [-0.1, -0.05) is 36.4 Å². The summed E-state index contributed by atoms with van der Waals surface area (Å²) in [6, 6.07) is 15.2. The Hall–Kier alpha value is -1.38. The summed E-state index contributed by atoms with van der Waals surface area (Å²) in [6.45, 7) is 2.90. The molecule has 2 N–H and O–H groups in total. The van der Waals surface area contributed by atoms with E-state index in [0.717, 1.165) is 19.4 Å². The predicted octanol–water partition coefficient (Wildman–Crippen LogP) is 3.19. The number of fused-ring (bicyclic) bond motifs is 1. The van der Waals surface area contributed by atoms with Crippen LogP contribution < -0.4 is 5.73 Å². The fourth-order valence-electron chi connectivity index (χ4n) is 2.82. The third-order valence-corrected chi connectivity index (χ3v) is 3.92. The molecule has 2 heteroatoms. The first-order chi connectivity index (χ1) is 8.67. The SMILES string of the molecule is CC1(c2ccc3ccccc3c2)CC(N)CCO1. The van der Waals surface area contributed by atoms with E-state index in [1.807, 2.05) is 0 Å². The molecule has 0 aliphatic carbocycles. The van der Waals surface area contributed by atoms with Crippen molar-refractivity contribution < 1.29 is 4.74 Å². The number of hydrogen-bond donors (Lipinski definition) is 1. The number of benzene rings is 2. The zero-order chi connectivity index (χ0) is 12.6. The Morgan fingerprint density at radius 1 is 1.17 bits per heavy atom. The number of rotatable bonds is 1. The van der Waals surface area contributed by atoms with E-state index in [-0.39, 0.29) is 11.6 Å². The van der Waals surface area contributed by atoms with Gasteiger partial charge in [0.1, 0.15) is 0 Å². The van der Waals surface area contributed by atoms with Crippen LogP contribution in [0.15, 0.2) is 42.5 Å². The van der Waals surface area contributed by atoms with Crippen LogP contribution in [0.3, 0.4) is 0 Å². The first-order valence-corrected chi connectivity index (χ1v) is 6.56.